The molecule has 2 aromatic rings. The summed E-state index contributed by atoms with van der Waals surface area (Å²) < 4.78 is 0. The lowest BCUT2D eigenvalue weighted by atomic mass is 9.80. The van der Waals surface area contributed by atoms with Crippen LogP contribution in [-0.2, 0) is 0 Å². The Kier molecular flexibility index (Phi) is 2.78. The Bertz CT molecular complexity index is 620. The van der Waals surface area contributed by atoms with Crippen LogP contribution in [0.2, 0.25) is 0 Å². The second-order valence-electron chi connectivity index (χ2n) is 5.94. The van der Waals surface area contributed by atoms with E-state index in [1.807, 2.05) is 12.1 Å². The van der Waals surface area contributed by atoms with E-state index >= 15 is 0 Å². The maximum atomic E-state index is 9.51. The number of hydrogen-bond donors (Lipinski definition) is 2. The Morgan fingerprint density at radius 3 is 2.50 bits per heavy atom. The molecule has 102 valence electrons. The number of phenolic OH excluding ortho intramolecular Hbond substituents is 1. The normalized spacial score (nSPS) is 27.9. The summed E-state index contributed by atoms with van der Waals surface area (Å²) in [5, 5.41) is 13.2. The van der Waals surface area contributed by atoms with Crippen molar-refractivity contribution in [3.63, 3.8) is 0 Å². The molecular weight excluding hydrogens is 246 g/mol. The van der Waals surface area contributed by atoms with Crippen molar-refractivity contribution in [2.75, 3.05) is 6.54 Å². The first-order valence-corrected chi connectivity index (χ1v) is 7.46. The van der Waals surface area contributed by atoms with E-state index < -0.39 is 0 Å². The van der Waals surface area contributed by atoms with E-state index in [0.29, 0.717) is 23.6 Å². The fourth-order valence-electron chi connectivity index (χ4n) is 4.03. The molecule has 0 saturated carbocycles. The standard InChI is InChI=1S/C18H19NO/c20-13-9-7-12(8-10-13)17-14-4-1-2-5-15(14)18-16(17)6-3-11-19-18/h1-2,4-5,7-10,16-20H,3,6,11H2. The van der Waals surface area contributed by atoms with Gasteiger partial charge in [0.05, 0.1) is 0 Å². The number of aromatic hydroxyl groups is 1. The molecule has 0 amide bonds. The largest absolute Gasteiger partial charge is 0.508 e. The van der Waals surface area contributed by atoms with Gasteiger partial charge in [-0.2, -0.15) is 0 Å². The molecule has 1 aliphatic carbocycles. The second-order valence-corrected chi connectivity index (χ2v) is 5.94. The lowest BCUT2D eigenvalue weighted by Gasteiger charge is -2.31. The maximum absolute atomic E-state index is 9.51. The van der Waals surface area contributed by atoms with Crippen molar-refractivity contribution in [3.8, 4) is 5.75 Å². The highest BCUT2D eigenvalue weighted by Crippen LogP contribution is 2.51. The zero-order valence-corrected chi connectivity index (χ0v) is 11.4. The molecule has 20 heavy (non-hydrogen) atoms. The van der Waals surface area contributed by atoms with Gasteiger partial charge in [-0.3, -0.25) is 0 Å². The Morgan fingerprint density at radius 2 is 1.70 bits per heavy atom. The highest BCUT2D eigenvalue weighted by atomic mass is 16.3. The van der Waals surface area contributed by atoms with E-state index in [9.17, 15) is 5.11 Å². The van der Waals surface area contributed by atoms with Gasteiger partial charge in [0.15, 0.2) is 0 Å². The Hall–Kier alpha value is -1.80. The molecule has 0 bridgehead atoms. The molecular formula is C18H19NO. The molecule has 4 rings (SSSR count). The predicted molar refractivity (Wildman–Crippen MR) is 79.9 cm³/mol. The van der Waals surface area contributed by atoms with E-state index in [4.69, 9.17) is 0 Å². The van der Waals surface area contributed by atoms with Crippen LogP contribution in [0.15, 0.2) is 48.5 Å². The van der Waals surface area contributed by atoms with Gasteiger partial charge in [0.25, 0.3) is 0 Å². The highest BCUT2D eigenvalue weighted by Gasteiger charge is 2.41. The fourth-order valence-corrected chi connectivity index (χ4v) is 4.03. The molecule has 0 radical (unpaired) electrons. The van der Waals surface area contributed by atoms with Crippen molar-refractivity contribution < 1.29 is 5.11 Å². The quantitative estimate of drug-likeness (QED) is 0.826. The second kappa shape index (κ2) is 4.64. The van der Waals surface area contributed by atoms with Crippen molar-refractivity contribution in [1.82, 2.24) is 5.32 Å². The summed E-state index contributed by atoms with van der Waals surface area (Å²) >= 11 is 0. The lowest BCUT2D eigenvalue weighted by molar-refractivity contribution is 0.287. The number of benzene rings is 2. The SMILES string of the molecule is Oc1ccc(C2c3ccccc3C3NCCCC32)cc1. The minimum absolute atomic E-state index is 0.346. The number of nitrogens with one attached hydrogen (secondary N) is 1. The van der Waals surface area contributed by atoms with Crippen LogP contribution in [0.5, 0.6) is 5.75 Å². The van der Waals surface area contributed by atoms with Gasteiger partial charge in [0.1, 0.15) is 5.75 Å². The van der Waals surface area contributed by atoms with Gasteiger partial charge in [-0.05, 0) is 54.1 Å². The molecule has 2 N–H and O–H groups in total. The van der Waals surface area contributed by atoms with Gasteiger partial charge in [0, 0.05) is 12.0 Å². The first-order valence-electron chi connectivity index (χ1n) is 7.46. The van der Waals surface area contributed by atoms with Gasteiger partial charge < -0.3 is 10.4 Å². The summed E-state index contributed by atoms with van der Waals surface area (Å²) in [6, 6.07) is 17.1. The number of phenols is 1. The molecule has 0 spiro atoms. The van der Waals surface area contributed by atoms with Crippen LogP contribution < -0.4 is 5.32 Å². The number of piperidine rings is 1. The molecule has 1 saturated heterocycles. The van der Waals surface area contributed by atoms with Crippen molar-refractivity contribution in [1.29, 1.82) is 0 Å². The monoisotopic (exact) mass is 265 g/mol. The molecule has 2 aliphatic rings. The molecule has 3 atom stereocenters. The number of fused-ring (bicyclic) bond motifs is 3. The van der Waals surface area contributed by atoms with Crippen LogP contribution in [-0.4, -0.2) is 11.7 Å². The molecule has 1 fully saturated rings. The van der Waals surface area contributed by atoms with Crippen LogP contribution in [0, 0.1) is 5.92 Å². The third kappa shape index (κ3) is 1.75. The van der Waals surface area contributed by atoms with E-state index in [2.05, 4.69) is 41.7 Å². The van der Waals surface area contributed by atoms with Crippen LogP contribution >= 0.6 is 0 Å². The van der Waals surface area contributed by atoms with Gasteiger partial charge in [-0.25, -0.2) is 0 Å². The third-order valence-corrected chi connectivity index (χ3v) is 4.85. The zero-order chi connectivity index (χ0) is 13.5. The number of hydrogen-bond acceptors (Lipinski definition) is 2. The Balaban J connectivity index is 1.83. The first-order chi connectivity index (χ1) is 9.84. The molecule has 2 aromatic carbocycles. The van der Waals surface area contributed by atoms with Crippen molar-refractivity contribution in [2.24, 2.45) is 5.92 Å². The summed E-state index contributed by atoms with van der Waals surface area (Å²) in [6.07, 6.45) is 2.53. The van der Waals surface area contributed by atoms with E-state index in [-0.39, 0.29) is 0 Å². The van der Waals surface area contributed by atoms with Crippen LogP contribution in [0.1, 0.15) is 41.5 Å². The predicted octanol–water partition coefficient (Wildman–Crippen LogP) is 3.58. The molecule has 1 heterocycles. The molecule has 3 unspecified atom stereocenters. The van der Waals surface area contributed by atoms with Crippen LogP contribution in [0.3, 0.4) is 0 Å². The Morgan fingerprint density at radius 1 is 0.950 bits per heavy atom. The van der Waals surface area contributed by atoms with Gasteiger partial charge >= 0.3 is 0 Å². The lowest BCUT2D eigenvalue weighted by Crippen LogP contribution is -2.32. The highest BCUT2D eigenvalue weighted by molar-refractivity contribution is 5.47. The summed E-state index contributed by atoms with van der Waals surface area (Å²) in [7, 11) is 0. The zero-order valence-electron chi connectivity index (χ0n) is 11.4. The first kappa shape index (κ1) is 12.0. The van der Waals surface area contributed by atoms with Crippen LogP contribution in [0.4, 0.5) is 0 Å². The van der Waals surface area contributed by atoms with Gasteiger partial charge in [0.2, 0.25) is 0 Å². The summed E-state index contributed by atoms with van der Waals surface area (Å²) in [4.78, 5) is 0. The summed E-state index contributed by atoms with van der Waals surface area (Å²) in [6.45, 7) is 1.12. The van der Waals surface area contributed by atoms with E-state index in [0.717, 1.165) is 6.54 Å². The van der Waals surface area contributed by atoms with E-state index in [1.54, 1.807) is 0 Å². The van der Waals surface area contributed by atoms with Crippen molar-refractivity contribution in [2.45, 2.75) is 24.8 Å². The third-order valence-electron chi connectivity index (χ3n) is 4.85. The van der Waals surface area contributed by atoms with Gasteiger partial charge in [-0.1, -0.05) is 36.4 Å². The molecule has 1 aliphatic heterocycles. The molecule has 0 aromatic heterocycles. The van der Waals surface area contributed by atoms with Crippen LogP contribution in [0.25, 0.3) is 0 Å². The maximum Gasteiger partial charge on any atom is 0.115 e. The minimum atomic E-state index is 0.346. The van der Waals surface area contributed by atoms with Crippen molar-refractivity contribution >= 4 is 0 Å². The summed E-state index contributed by atoms with van der Waals surface area (Å²) in [5.41, 5.74) is 4.25. The number of rotatable bonds is 1. The molecule has 2 heteroatoms. The average Bonchev–Trinajstić information content (AvgIpc) is 2.83. The fraction of sp³-hybridized carbons (Fsp3) is 0.333. The topological polar surface area (TPSA) is 32.3 Å². The minimum Gasteiger partial charge on any atom is -0.508 e. The molecule has 2 nitrogen and oxygen atoms in total. The smallest absolute Gasteiger partial charge is 0.115 e. The Labute approximate surface area is 119 Å². The van der Waals surface area contributed by atoms with Gasteiger partial charge in [-0.15, -0.1) is 0 Å². The van der Waals surface area contributed by atoms with Crippen molar-refractivity contribution in [3.05, 3.63) is 65.2 Å². The average molecular weight is 265 g/mol. The van der Waals surface area contributed by atoms with E-state index in [1.165, 1.54) is 29.5 Å². The summed E-state index contributed by atoms with van der Waals surface area (Å²) in [5.74, 6) is 1.45.